The third kappa shape index (κ3) is 3.03. The molecule has 5 nitrogen and oxygen atoms in total. The maximum absolute atomic E-state index is 11.5. The van der Waals surface area contributed by atoms with E-state index in [1.807, 2.05) is 6.92 Å². The molecule has 0 heterocycles. The van der Waals surface area contributed by atoms with Gasteiger partial charge in [-0.1, -0.05) is 13.8 Å². The van der Waals surface area contributed by atoms with Crippen LogP contribution < -0.4 is 5.32 Å². The molecular weight excluding hydrogens is 220 g/mol. The number of carbonyl (C=O) groups is 1. The Morgan fingerprint density at radius 1 is 1.29 bits per heavy atom. The van der Waals surface area contributed by atoms with Crippen molar-refractivity contribution < 1.29 is 9.72 Å². The van der Waals surface area contributed by atoms with E-state index in [1.54, 1.807) is 26.8 Å². The molecule has 0 radical (unpaired) electrons. The minimum absolute atomic E-state index is 0.0675. The molecule has 0 spiro atoms. The molecule has 1 aromatic rings. The molecule has 0 aliphatic carbocycles. The minimum atomic E-state index is -0.484. The fraction of sp³-hybridized carbons (Fsp3) is 0.417. The Morgan fingerprint density at radius 2 is 1.82 bits per heavy atom. The van der Waals surface area contributed by atoms with Gasteiger partial charge < -0.3 is 5.32 Å². The van der Waals surface area contributed by atoms with Gasteiger partial charge in [-0.05, 0) is 31.0 Å². The zero-order chi connectivity index (χ0) is 13.2. The summed E-state index contributed by atoms with van der Waals surface area (Å²) in [6, 6.07) is 3.11. The molecule has 1 aromatic carbocycles. The van der Waals surface area contributed by atoms with E-state index < -0.39 is 4.92 Å². The number of rotatable bonds is 3. The Hall–Kier alpha value is -1.91. The van der Waals surface area contributed by atoms with Gasteiger partial charge in [0.15, 0.2) is 0 Å². The van der Waals surface area contributed by atoms with Crippen LogP contribution >= 0.6 is 0 Å². The van der Waals surface area contributed by atoms with Gasteiger partial charge in [-0.25, -0.2) is 0 Å². The molecule has 0 aliphatic rings. The molecule has 1 amide bonds. The lowest BCUT2D eigenvalue weighted by Crippen LogP contribution is -2.18. The van der Waals surface area contributed by atoms with Gasteiger partial charge in [0.2, 0.25) is 5.91 Å². The maximum Gasteiger partial charge on any atom is 0.293 e. The molecule has 92 valence electrons. The number of anilines is 1. The maximum atomic E-state index is 11.5. The summed E-state index contributed by atoms with van der Waals surface area (Å²) in [5, 5.41) is 13.5. The molecule has 0 saturated heterocycles. The van der Waals surface area contributed by atoms with Gasteiger partial charge in [0, 0.05) is 12.0 Å². The summed E-state index contributed by atoms with van der Waals surface area (Å²) < 4.78 is 0. The van der Waals surface area contributed by atoms with Gasteiger partial charge in [0.05, 0.1) is 4.92 Å². The Balaban J connectivity index is 3.17. The topological polar surface area (TPSA) is 72.2 Å². The molecular formula is C12H16N2O3. The van der Waals surface area contributed by atoms with Gasteiger partial charge in [-0.3, -0.25) is 14.9 Å². The first kappa shape index (κ1) is 13.2. The lowest BCUT2D eigenvalue weighted by molar-refractivity contribution is -0.384. The van der Waals surface area contributed by atoms with Crippen molar-refractivity contribution in [3.63, 3.8) is 0 Å². The quantitative estimate of drug-likeness (QED) is 0.647. The highest BCUT2D eigenvalue weighted by molar-refractivity contribution is 5.94. The van der Waals surface area contributed by atoms with E-state index in [-0.39, 0.29) is 23.2 Å². The third-order valence-corrected chi connectivity index (χ3v) is 2.59. The van der Waals surface area contributed by atoms with E-state index in [2.05, 4.69) is 5.32 Å². The van der Waals surface area contributed by atoms with E-state index >= 15 is 0 Å². The standard InChI is InChI=1S/C12H16N2O3/c1-7(2)12(15)13-10-5-8(3)9(4)6-11(10)14(16)17/h5-7H,1-4H3,(H,13,15). The molecule has 0 aliphatic heterocycles. The molecule has 0 saturated carbocycles. The van der Waals surface area contributed by atoms with Crippen molar-refractivity contribution in [2.45, 2.75) is 27.7 Å². The van der Waals surface area contributed by atoms with Crippen LogP contribution in [0, 0.1) is 29.9 Å². The molecule has 0 aromatic heterocycles. The lowest BCUT2D eigenvalue weighted by Gasteiger charge is -2.10. The highest BCUT2D eigenvalue weighted by atomic mass is 16.6. The monoisotopic (exact) mass is 236 g/mol. The lowest BCUT2D eigenvalue weighted by atomic mass is 10.1. The average molecular weight is 236 g/mol. The molecule has 0 bridgehead atoms. The number of nitro groups is 1. The molecule has 0 fully saturated rings. The van der Waals surface area contributed by atoms with Crippen molar-refractivity contribution >= 4 is 17.3 Å². The van der Waals surface area contributed by atoms with Crippen LogP contribution in [0.5, 0.6) is 0 Å². The first-order chi connectivity index (χ1) is 7.82. The fourth-order valence-electron chi connectivity index (χ4n) is 1.33. The Morgan fingerprint density at radius 3 is 2.29 bits per heavy atom. The van der Waals surface area contributed by atoms with Gasteiger partial charge in [-0.15, -0.1) is 0 Å². The van der Waals surface area contributed by atoms with Crippen molar-refractivity contribution in [2.75, 3.05) is 5.32 Å². The van der Waals surface area contributed by atoms with E-state index in [1.165, 1.54) is 6.07 Å². The number of benzene rings is 1. The smallest absolute Gasteiger partial charge is 0.293 e. The summed E-state index contributed by atoms with van der Waals surface area (Å²) in [6.45, 7) is 7.13. The van der Waals surface area contributed by atoms with Crippen LogP contribution in [-0.2, 0) is 4.79 Å². The highest BCUT2D eigenvalue weighted by Gasteiger charge is 2.18. The summed E-state index contributed by atoms with van der Waals surface area (Å²) in [5.74, 6) is -0.437. The number of aryl methyl sites for hydroxylation is 2. The molecule has 5 heteroatoms. The van der Waals surface area contributed by atoms with Crippen LogP contribution in [0.4, 0.5) is 11.4 Å². The van der Waals surface area contributed by atoms with Crippen molar-refractivity contribution in [3.8, 4) is 0 Å². The van der Waals surface area contributed by atoms with E-state index in [4.69, 9.17) is 0 Å². The second-order valence-corrected chi connectivity index (χ2v) is 4.35. The second-order valence-electron chi connectivity index (χ2n) is 4.35. The van der Waals surface area contributed by atoms with Gasteiger partial charge in [0.1, 0.15) is 5.69 Å². The predicted octanol–water partition coefficient (Wildman–Crippen LogP) is 2.81. The summed E-state index contributed by atoms with van der Waals surface area (Å²) in [4.78, 5) is 22.0. The zero-order valence-electron chi connectivity index (χ0n) is 10.4. The number of hydrogen-bond acceptors (Lipinski definition) is 3. The van der Waals surface area contributed by atoms with Crippen LogP contribution in [-0.4, -0.2) is 10.8 Å². The number of hydrogen-bond donors (Lipinski definition) is 1. The highest BCUT2D eigenvalue weighted by Crippen LogP contribution is 2.28. The number of nitro benzene ring substituents is 1. The molecule has 1 rings (SSSR count). The predicted molar refractivity (Wildman–Crippen MR) is 66.0 cm³/mol. The number of nitrogens with zero attached hydrogens (tertiary/aromatic N) is 1. The largest absolute Gasteiger partial charge is 0.320 e. The fourth-order valence-corrected chi connectivity index (χ4v) is 1.33. The zero-order valence-corrected chi connectivity index (χ0v) is 10.4. The summed E-state index contributed by atoms with van der Waals surface area (Å²) in [6.07, 6.45) is 0. The van der Waals surface area contributed by atoms with Crippen LogP contribution in [0.1, 0.15) is 25.0 Å². The minimum Gasteiger partial charge on any atom is -0.320 e. The Labute approximate surface area is 100.0 Å². The summed E-state index contributed by atoms with van der Waals surface area (Å²) >= 11 is 0. The van der Waals surface area contributed by atoms with E-state index in [0.717, 1.165) is 11.1 Å². The molecule has 0 atom stereocenters. The van der Waals surface area contributed by atoms with Crippen LogP contribution in [0.25, 0.3) is 0 Å². The normalized spacial score (nSPS) is 10.4. The number of nitrogens with one attached hydrogen (secondary N) is 1. The first-order valence-corrected chi connectivity index (χ1v) is 5.39. The number of amides is 1. The van der Waals surface area contributed by atoms with Crippen LogP contribution in [0.15, 0.2) is 12.1 Å². The van der Waals surface area contributed by atoms with Gasteiger partial charge >= 0.3 is 0 Å². The average Bonchev–Trinajstić information content (AvgIpc) is 2.22. The SMILES string of the molecule is Cc1cc(NC(=O)C(C)C)c([N+](=O)[O-])cc1C. The van der Waals surface area contributed by atoms with Crippen LogP contribution in [0.3, 0.4) is 0 Å². The second kappa shape index (κ2) is 4.95. The Bertz CT molecular complexity index is 467. The van der Waals surface area contributed by atoms with Gasteiger partial charge in [-0.2, -0.15) is 0 Å². The molecule has 1 N–H and O–H groups in total. The molecule has 0 unspecified atom stereocenters. The summed E-state index contributed by atoms with van der Waals surface area (Å²) in [5.41, 5.74) is 1.94. The van der Waals surface area contributed by atoms with E-state index in [0.29, 0.717) is 0 Å². The van der Waals surface area contributed by atoms with Crippen molar-refractivity contribution in [3.05, 3.63) is 33.4 Å². The van der Waals surface area contributed by atoms with Crippen LogP contribution in [0.2, 0.25) is 0 Å². The van der Waals surface area contributed by atoms with Crippen molar-refractivity contribution in [1.29, 1.82) is 0 Å². The third-order valence-electron chi connectivity index (χ3n) is 2.59. The van der Waals surface area contributed by atoms with Crippen molar-refractivity contribution in [1.82, 2.24) is 0 Å². The summed E-state index contributed by atoms with van der Waals surface area (Å²) in [7, 11) is 0. The number of carbonyl (C=O) groups excluding carboxylic acids is 1. The van der Waals surface area contributed by atoms with Crippen molar-refractivity contribution in [2.24, 2.45) is 5.92 Å². The Kier molecular flexibility index (Phi) is 3.83. The van der Waals surface area contributed by atoms with E-state index in [9.17, 15) is 14.9 Å². The molecule has 17 heavy (non-hydrogen) atoms. The van der Waals surface area contributed by atoms with Gasteiger partial charge in [0.25, 0.3) is 5.69 Å². The first-order valence-electron chi connectivity index (χ1n) is 5.39.